The lowest BCUT2D eigenvalue weighted by Gasteiger charge is -2.10. The number of hydrogen-bond acceptors (Lipinski definition) is 5. The summed E-state index contributed by atoms with van der Waals surface area (Å²) in [7, 11) is 0. The number of aryl methyl sites for hydroxylation is 2. The molecule has 3 aromatic heterocycles. The van der Waals surface area contributed by atoms with Gasteiger partial charge in [-0.15, -0.1) is 0 Å². The minimum atomic E-state index is 0.411. The van der Waals surface area contributed by atoms with E-state index in [-0.39, 0.29) is 0 Å². The molecule has 5 heteroatoms. The first kappa shape index (κ1) is 16.1. The SMILES string of the molecule is Cc1cc(-c2ccc(Cc3cnc4c(N)nccc4n3)cc2C)ccn1. The Kier molecular flexibility index (Phi) is 4.05. The molecule has 0 saturated heterocycles. The topological polar surface area (TPSA) is 77.6 Å². The first-order chi connectivity index (χ1) is 12.6. The highest BCUT2D eigenvalue weighted by Gasteiger charge is 2.07. The Hall–Kier alpha value is -3.34. The highest BCUT2D eigenvalue weighted by Crippen LogP contribution is 2.25. The average Bonchev–Trinajstić information content (AvgIpc) is 2.62. The van der Waals surface area contributed by atoms with E-state index < -0.39 is 0 Å². The molecule has 128 valence electrons. The largest absolute Gasteiger partial charge is 0.382 e. The summed E-state index contributed by atoms with van der Waals surface area (Å²) in [6.07, 6.45) is 6.01. The van der Waals surface area contributed by atoms with Crippen molar-refractivity contribution in [1.82, 2.24) is 19.9 Å². The molecule has 0 radical (unpaired) electrons. The molecule has 4 rings (SSSR count). The van der Waals surface area contributed by atoms with Crippen LogP contribution in [0.2, 0.25) is 0 Å². The van der Waals surface area contributed by atoms with Crippen LogP contribution in [0.25, 0.3) is 22.2 Å². The lowest BCUT2D eigenvalue weighted by molar-refractivity contribution is 1.06. The van der Waals surface area contributed by atoms with E-state index in [2.05, 4.69) is 51.1 Å². The predicted molar refractivity (Wildman–Crippen MR) is 104 cm³/mol. The van der Waals surface area contributed by atoms with Crippen molar-refractivity contribution in [1.29, 1.82) is 0 Å². The van der Waals surface area contributed by atoms with E-state index in [1.807, 2.05) is 25.3 Å². The van der Waals surface area contributed by atoms with Gasteiger partial charge in [0.2, 0.25) is 0 Å². The van der Waals surface area contributed by atoms with Crippen LogP contribution in [0.15, 0.2) is 55.0 Å². The van der Waals surface area contributed by atoms with E-state index in [1.54, 1.807) is 12.4 Å². The van der Waals surface area contributed by atoms with E-state index in [0.717, 1.165) is 23.3 Å². The molecular weight excluding hydrogens is 322 g/mol. The zero-order valence-corrected chi connectivity index (χ0v) is 14.8. The Morgan fingerprint density at radius 3 is 2.58 bits per heavy atom. The summed E-state index contributed by atoms with van der Waals surface area (Å²) >= 11 is 0. The maximum Gasteiger partial charge on any atom is 0.151 e. The molecule has 0 aliphatic heterocycles. The van der Waals surface area contributed by atoms with Crippen molar-refractivity contribution >= 4 is 16.9 Å². The smallest absolute Gasteiger partial charge is 0.151 e. The Balaban J connectivity index is 1.64. The molecular formula is C21H19N5. The van der Waals surface area contributed by atoms with Gasteiger partial charge in [-0.05, 0) is 54.3 Å². The number of fused-ring (bicyclic) bond motifs is 1. The molecule has 0 atom stereocenters. The zero-order chi connectivity index (χ0) is 18.1. The summed E-state index contributed by atoms with van der Waals surface area (Å²) in [5.74, 6) is 0.411. The predicted octanol–water partition coefficient (Wildman–Crippen LogP) is 3.88. The van der Waals surface area contributed by atoms with Crippen LogP contribution in [0.1, 0.15) is 22.5 Å². The van der Waals surface area contributed by atoms with Crippen LogP contribution in [-0.4, -0.2) is 19.9 Å². The maximum atomic E-state index is 5.84. The average molecular weight is 341 g/mol. The van der Waals surface area contributed by atoms with E-state index in [1.165, 1.54) is 22.3 Å². The number of rotatable bonds is 3. The van der Waals surface area contributed by atoms with Gasteiger partial charge in [-0.25, -0.2) is 15.0 Å². The Morgan fingerprint density at radius 2 is 1.77 bits per heavy atom. The number of aromatic nitrogens is 4. The van der Waals surface area contributed by atoms with Crippen LogP contribution in [0.3, 0.4) is 0 Å². The fourth-order valence-corrected chi connectivity index (χ4v) is 3.17. The molecule has 26 heavy (non-hydrogen) atoms. The van der Waals surface area contributed by atoms with Crippen LogP contribution in [-0.2, 0) is 6.42 Å². The van der Waals surface area contributed by atoms with Crippen LogP contribution in [0.4, 0.5) is 5.82 Å². The lowest BCUT2D eigenvalue weighted by Crippen LogP contribution is -1.99. The maximum absolute atomic E-state index is 5.84. The minimum absolute atomic E-state index is 0.411. The van der Waals surface area contributed by atoms with Gasteiger partial charge in [0.05, 0.1) is 11.2 Å². The molecule has 4 aromatic rings. The van der Waals surface area contributed by atoms with Gasteiger partial charge in [-0.3, -0.25) is 4.98 Å². The van der Waals surface area contributed by atoms with Crippen molar-refractivity contribution in [2.75, 3.05) is 5.73 Å². The normalized spacial score (nSPS) is 11.0. The molecule has 0 aliphatic carbocycles. The van der Waals surface area contributed by atoms with Crippen molar-refractivity contribution in [3.05, 3.63) is 77.5 Å². The first-order valence-electron chi connectivity index (χ1n) is 8.49. The number of pyridine rings is 2. The van der Waals surface area contributed by atoms with Gasteiger partial charge in [0, 0.05) is 30.7 Å². The van der Waals surface area contributed by atoms with Crippen molar-refractivity contribution < 1.29 is 0 Å². The molecule has 5 nitrogen and oxygen atoms in total. The number of benzene rings is 1. The summed E-state index contributed by atoms with van der Waals surface area (Å²) < 4.78 is 0. The summed E-state index contributed by atoms with van der Waals surface area (Å²) in [6, 6.07) is 12.5. The molecule has 0 aliphatic rings. The summed E-state index contributed by atoms with van der Waals surface area (Å²) in [4.78, 5) is 17.4. The third-order valence-electron chi connectivity index (χ3n) is 4.42. The van der Waals surface area contributed by atoms with Gasteiger partial charge in [0.1, 0.15) is 5.52 Å². The van der Waals surface area contributed by atoms with Crippen molar-refractivity contribution in [3.63, 3.8) is 0 Å². The molecule has 0 bridgehead atoms. The highest BCUT2D eigenvalue weighted by atomic mass is 14.9. The number of hydrogen-bond donors (Lipinski definition) is 1. The quantitative estimate of drug-likeness (QED) is 0.612. The second-order valence-corrected chi connectivity index (χ2v) is 6.44. The molecule has 0 spiro atoms. The van der Waals surface area contributed by atoms with Crippen LogP contribution in [0.5, 0.6) is 0 Å². The van der Waals surface area contributed by atoms with Crippen LogP contribution in [0, 0.1) is 13.8 Å². The van der Waals surface area contributed by atoms with Gasteiger partial charge in [-0.1, -0.05) is 18.2 Å². The third-order valence-corrected chi connectivity index (χ3v) is 4.42. The molecule has 0 fully saturated rings. The van der Waals surface area contributed by atoms with Gasteiger partial charge < -0.3 is 5.73 Å². The van der Waals surface area contributed by atoms with Crippen LogP contribution < -0.4 is 5.73 Å². The first-order valence-corrected chi connectivity index (χ1v) is 8.49. The summed E-state index contributed by atoms with van der Waals surface area (Å²) in [6.45, 7) is 4.14. The monoisotopic (exact) mass is 341 g/mol. The van der Waals surface area contributed by atoms with E-state index >= 15 is 0 Å². The van der Waals surface area contributed by atoms with Crippen molar-refractivity contribution in [3.8, 4) is 11.1 Å². The Morgan fingerprint density at radius 1 is 0.923 bits per heavy atom. The Bertz CT molecular complexity index is 1100. The molecule has 3 heterocycles. The second-order valence-electron chi connectivity index (χ2n) is 6.44. The fourth-order valence-electron chi connectivity index (χ4n) is 3.17. The van der Waals surface area contributed by atoms with Gasteiger partial charge >= 0.3 is 0 Å². The summed E-state index contributed by atoms with van der Waals surface area (Å²) in [5.41, 5.74) is 14.0. The molecule has 0 saturated carbocycles. The second kappa shape index (κ2) is 6.52. The standard InChI is InChI=1S/C21H19N5/c1-13-9-15(3-4-18(13)16-5-7-23-14(2)10-16)11-17-12-25-20-19(26-17)6-8-24-21(20)22/h3-10,12H,11H2,1-2H3,(H2,22,24). The van der Waals surface area contributed by atoms with Gasteiger partial charge in [0.15, 0.2) is 5.82 Å². The minimum Gasteiger partial charge on any atom is -0.382 e. The number of nitrogens with two attached hydrogens (primary N) is 1. The van der Waals surface area contributed by atoms with E-state index in [9.17, 15) is 0 Å². The van der Waals surface area contributed by atoms with Gasteiger partial charge in [-0.2, -0.15) is 0 Å². The number of nitrogen functional groups attached to an aromatic ring is 1. The fraction of sp³-hybridized carbons (Fsp3) is 0.143. The van der Waals surface area contributed by atoms with Crippen molar-refractivity contribution in [2.45, 2.75) is 20.3 Å². The molecule has 1 aromatic carbocycles. The zero-order valence-electron chi connectivity index (χ0n) is 14.8. The van der Waals surface area contributed by atoms with E-state index in [4.69, 9.17) is 5.73 Å². The molecule has 0 unspecified atom stereocenters. The molecule has 2 N–H and O–H groups in total. The molecule has 0 amide bonds. The summed E-state index contributed by atoms with van der Waals surface area (Å²) in [5, 5.41) is 0. The number of nitrogens with zero attached hydrogens (tertiary/aromatic N) is 4. The Labute approximate surface area is 152 Å². The third kappa shape index (κ3) is 3.11. The lowest BCUT2D eigenvalue weighted by atomic mass is 9.97. The van der Waals surface area contributed by atoms with Gasteiger partial charge in [0.25, 0.3) is 0 Å². The number of anilines is 1. The van der Waals surface area contributed by atoms with Crippen molar-refractivity contribution in [2.24, 2.45) is 0 Å². The highest BCUT2D eigenvalue weighted by molar-refractivity contribution is 5.83. The van der Waals surface area contributed by atoms with Crippen LogP contribution >= 0.6 is 0 Å². The van der Waals surface area contributed by atoms with E-state index in [0.29, 0.717) is 11.3 Å².